The molecule has 0 spiro atoms. The van der Waals surface area contributed by atoms with Gasteiger partial charge in [-0.15, -0.1) is 0 Å². The van der Waals surface area contributed by atoms with E-state index in [4.69, 9.17) is 9.84 Å². The lowest BCUT2D eigenvalue weighted by molar-refractivity contribution is 0.0976. The lowest BCUT2D eigenvalue weighted by atomic mass is 10.2. The van der Waals surface area contributed by atoms with Crippen molar-refractivity contribution in [1.82, 2.24) is 0 Å². The summed E-state index contributed by atoms with van der Waals surface area (Å²) in [6, 6.07) is 0. The molecule has 0 fully saturated rings. The van der Waals surface area contributed by atoms with Gasteiger partial charge in [-0.25, -0.2) is 0 Å². The minimum Gasteiger partial charge on any atom is -0.499 e. The Bertz CT molecular complexity index is 148. The Balaban J connectivity index is 3.24. The molecule has 0 radical (unpaired) electrons. The number of aliphatic hydroxyl groups is 1. The van der Waals surface area contributed by atoms with Crippen LogP contribution < -0.4 is 0 Å². The lowest BCUT2D eigenvalue weighted by Crippen LogP contribution is -2.06. The largest absolute Gasteiger partial charge is 0.499 e. The average Bonchev–Trinajstić information content (AvgIpc) is 2.09. The van der Waals surface area contributed by atoms with Crippen LogP contribution in [0.15, 0.2) is 24.5 Å². The highest BCUT2D eigenvalue weighted by molar-refractivity contribution is 4.99. The Kier molecular flexibility index (Phi) is 8.78. The fourth-order valence-corrected chi connectivity index (χ4v) is 0.792. The zero-order valence-corrected chi connectivity index (χ0v) is 8.57. The van der Waals surface area contributed by atoms with Crippen molar-refractivity contribution in [3.05, 3.63) is 24.5 Å². The lowest BCUT2D eigenvalue weighted by Gasteiger charge is -2.01. The Morgan fingerprint density at radius 3 is 2.77 bits per heavy atom. The minimum absolute atomic E-state index is 0.360. The van der Waals surface area contributed by atoms with Crippen molar-refractivity contribution in [1.29, 1.82) is 0 Å². The van der Waals surface area contributed by atoms with Gasteiger partial charge in [-0.2, -0.15) is 0 Å². The predicted octanol–water partition coefficient (Wildman–Crippen LogP) is 2.64. The third-order valence-corrected chi connectivity index (χ3v) is 1.48. The van der Waals surface area contributed by atoms with E-state index in [1.165, 1.54) is 12.8 Å². The first kappa shape index (κ1) is 12.2. The summed E-state index contributed by atoms with van der Waals surface area (Å²) in [5.41, 5.74) is 0. The third-order valence-electron chi connectivity index (χ3n) is 1.48. The monoisotopic (exact) mass is 184 g/mol. The maximum atomic E-state index is 8.85. The van der Waals surface area contributed by atoms with Gasteiger partial charge in [-0.1, -0.05) is 31.9 Å². The van der Waals surface area contributed by atoms with E-state index in [1.807, 2.05) is 12.2 Å². The van der Waals surface area contributed by atoms with Crippen LogP contribution in [0, 0.1) is 0 Å². The molecule has 0 saturated carbocycles. The van der Waals surface area contributed by atoms with Crippen LogP contribution in [0.4, 0.5) is 0 Å². The Labute approximate surface area is 80.9 Å². The molecule has 0 aliphatic carbocycles. The van der Waals surface area contributed by atoms with E-state index in [-0.39, 0.29) is 0 Å². The molecular weight excluding hydrogens is 164 g/mol. The summed E-state index contributed by atoms with van der Waals surface area (Å²) in [6.45, 7) is 4.24. The van der Waals surface area contributed by atoms with Crippen molar-refractivity contribution >= 4 is 0 Å². The fourth-order valence-electron chi connectivity index (χ4n) is 0.792. The van der Waals surface area contributed by atoms with Gasteiger partial charge in [0, 0.05) is 0 Å². The van der Waals surface area contributed by atoms with Gasteiger partial charge in [-0.3, -0.25) is 0 Å². The van der Waals surface area contributed by atoms with Crippen LogP contribution in [0.2, 0.25) is 0 Å². The average molecular weight is 184 g/mol. The second-order valence-corrected chi connectivity index (χ2v) is 3.08. The molecule has 2 heteroatoms. The van der Waals surface area contributed by atoms with E-state index in [0.29, 0.717) is 6.61 Å². The highest BCUT2D eigenvalue weighted by Gasteiger charge is 1.89. The summed E-state index contributed by atoms with van der Waals surface area (Å²) in [5.74, 6) is 0. The van der Waals surface area contributed by atoms with E-state index in [1.54, 1.807) is 13.2 Å². The molecule has 0 aliphatic rings. The molecule has 0 rings (SSSR count). The third kappa shape index (κ3) is 11.2. The summed E-state index contributed by atoms with van der Waals surface area (Å²) in [5, 5.41) is 8.85. The summed E-state index contributed by atoms with van der Waals surface area (Å²) in [7, 11) is 0. The highest BCUT2D eigenvalue weighted by Crippen LogP contribution is 1.95. The molecular formula is C11H20O2. The van der Waals surface area contributed by atoms with Crippen LogP contribution in [-0.2, 0) is 4.74 Å². The van der Waals surface area contributed by atoms with Gasteiger partial charge in [0.25, 0.3) is 0 Å². The number of unbranched alkanes of at least 4 members (excludes halogenated alkanes) is 2. The smallest absolute Gasteiger partial charge is 0.113 e. The number of hydrogen-bond donors (Lipinski definition) is 1. The molecule has 0 aliphatic heterocycles. The first-order chi connectivity index (χ1) is 6.27. The normalized spacial score (nSPS) is 14.1. The SMILES string of the molecule is CCCCC=CC=COCC(C)O. The molecule has 0 heterocycles. The van der Waals surface area contributed by atoms with Gasteiger partial charge in [-0.05, 0) is 19.4 Å². The Hall–Kier alpha value is -0.760. The van der Waals surface area contributed by atoms with Gasteiger partial charge >= 0.3 is 0 Å². The van der Waals surface area contributed by atoms with E-state index < -0.39 is 6.10 Å². The number of aliphatic hydroxyl groups excluding tert-OH is 1. The molecule has 1 unspecified atom stereocenters. The van der Waals surface area contributed by atoms with E-state index in [9.17, 15) is 0 Å². The highest BCUT2D eigenvalue weighted by atomic mass is 16.5. The van der Waals surface area contributed by atoms with E-state index in [2.05, 4.69) is 13.0 Å². The summed E-state index contributed by atoms with van der Waals surface area (Å²) < 4.78 is 5.02. The van der Waals surface area contributed by atoms with Crippen molar-refractivity contribution < 1.29 is 9.84 Å². The number of ether oxygens (including phenoxy) is 1. The van der Waals surface area contributed by atoms with Crippen LogP contribution in [0.3, 0.4) is 0 Å². The molecule has 0 amide bonds. The molecule has 0 aromatic heterocycles. The fraction of sp³-hybridized carbons (Fsp3) is 0.636. The molecule has 2 nitrogen and oxygen atoms in total. The molecule has 76 valence electrons. The molecule has 1 atom stereocenters. The zero-order chi connectivity index (χ0) is 9.94. The number of allylic oxidation sites excluding steroid dienone is 3. The van der Waals surface area contributed by atoms with Gasteiger partial charge < -0.3 is 9.84 Å². The van der Waals surface area contributed by atoms with Crippen molar-refractivity contribution in [2.45, 2.75) is 39.2 Å². The molecule has 13 heavy (non-hydrogen) atoms. The first-order valence-electron chi connectivity index (χ1n) is 4.88. The Morgan fingerprint density at radius 2 is 2.15 bits per heavy atom. The maximum absolute atomic E-state index is 8.85. The number of rotatable bonds is 7. The zero-order valence-electron chi connectivity index (χ0n) is 8.57. The van der Waals surface area contributed by atoms with Gasteiger partial charge in [0.2, 0.25) is 0 Å². The Morgan fingerprint density at radius 1 is 1.38 bits per heavy atom. The molecule has 0 aromatic rings. The van der Waals surface area contributed by atoms with Crippen LogP contribution in [0.25, 0.3) is 0 Å². The minimum atomic E-state index is -0.395. The predicted molar refractivity (Wildman–Crippen MR) is 55.4 cm³/mol. The molecule has 0 aromatic carbocycles. The summed E-state index contributed by atoms with van der Waals surface area (Å²) in [6.07, 6.45) is 10.7. The maximum Gasteiger partial charge on any atom is 0.113 e. The van der Waals surface area contributed by atoms with E-state index >= 15 is 0 Å². The number of hydrogen-bond acceptors (Lipinski definition) is 2. The summed E-state index contributed by atoms with van der Waals surface area (Å²) in [4.78, 5) is 0. The van der Waals surface area contributed by atoms with Crippen LogP contribution in [0.5, 0.6) is 0 Å². The second-order valence-electron chi connectivity index (χ2n) is 3.08. The van der Waals surface area contributed by atoms with Crippen molar-refractivity contribution in [2.75, 3.05) is 6.61 Å². The van der Waals surface area contributed by atoms with Crippen LogP contribution >= 0.6 is 0 Å². The standard InChI is InChI=1S/C11H20O2/c1-3-4-5-6-7-8-9-13-10-11(2)12/h6-9,11-12H,3-5,10H2,1-2H3. The van der Waals surface area contributed by atoms with E-state index in [0.717, 1.165) is 6.42 Å². The van der Waals surface area contributed by atoms with Gasteiger partial charge in [0.05, 0.1) is 12.4 Å². The second kappa shape index (κ2) is 9.33. The molecule has 1 N–H and O–H groups in total. The van der Waals surface area contributed by atoms with Crippen molar-refractivity contribution in [2.24, 2.45) is 0 Å². The van der Waals surface area contributed by atoms with Gasteiger partial charge in [0.15, 0.2) is 0 Å². The first-order valence-corrected chi connectivity index (χ1v) is 4.88. The van der Waals surface area contributed by atoms with Crippen molar-refractivity contribution in [3.8, 4) is 0 Å². The van der Waals surface area contributed by atoms with Crippen molar-refractivity contribution in [3.63, 3.8) is 0 Å². The van der Waals surface area contributed by atoms with Crippen LogP contribution in [0.1, 0.15) is 33.1 Å². The molecule has 0 bridgehead atoms. The molecule has 0 saturated heterocycles. The van der Waals surface area contributed by atoms with Gasteiger partial charge in [0.1, 0.15) is 6.61 Å². The van der Waals surface area contributed by atoms with Crippen LogP contribution in [-0.4, -0.2) is 17.8 Å². The summed E-state index contributed by atoms with van der Waals surface area (Å²) >= 11 is 0. The topological polar surface area (TPSA) is 29.5 Å². The quantitative estimate of drug-likeness (QED) is 0.374.